The zero-order valence-corrected chi connectivity index (χ0v) is 14.7. The van der Waals surface area contributed by atoms with Crippen molar-refractivity contribution in [3.63, 3.8) is 0 Å². The highest BCUT2D eigenvalue weighted by Crippen LogP contribution is 2.38. The number of nitrogens with zero attached hydrogens (tertiary/aromatic N) is 1. The molecule has 1 atom stereocenters. The molecule has 1 unspecified atom stereocenters. The van der Waals surface area contributed by atoms with E-state index in [1.807, 2.05) is 31.2 Å². The summed E-state index contributed by atoms with van der Waals surface area (Å²) in [6, 6.07) is 7.15. The van der Waals surface area contributed by atoms with Gasteiger partial charge in [0, 0.05) is 16.2 Å². The van der Waals surface area contributed by atoms with E-state index in [2.05, 4.69) is 21.2 Å². The number of esters is 1. The second-order valence-electron chi connectivity index (χ2n) is 5.76. The number of urea groups is 1. The van der Waals surface area contributed by atoms with Crippen LogP contribution in [0.5, 0.6) is 0 Å². The molecule has 6 heteroatoms. The molecule has 1 aliphatic heterocycles. The molecule has 0 radical (unpaired) electrons. The summed E-state index contributed by atoms with van der Waals surface area (Å²) >= 11 is 3.44. The van der Waals surface area contributed by atoms with E-state index in [1.165, 1.54) is 0 Å². The Bertz CT molecular complexity index is 682. The normalized spacial score (nSPS) is 21.3. The Hall–Kier alpha value is -1.82. The van der Waals surface area contributed by atoms with Crippen molar-refractivity contribution in [2.24, 2.45) is 0 Å². The summed E-state index contributed by atoms with van der Waals surface area (Å²) in [5, 5.41) is 2.96. The van der Waals surface area contributed by atoms with Crippen LogP contribution >= 0.6 is 15.9 Å². The minimum atomic E-state index is -0.492. The quantitative estimate of drug-likeness (QED) is 0.815. The summed E-state index contributed by atoms with van der Waals surface area (Å²) in [5.41, 5.74) is 2.06. The molecule has 2 amide bonds. The molecule has 0 spiro atoms. The molecule has 1 aromatic rings. The van der Waals surface area contributed by atoms with E-state index in [0.717, 1.165) is 22.9 Å². The first-order chi connectivity index (χ1) is 11.0. The van der Waals surface area contributed by atoms with Gasteiger partial charge in [-0.2, -0.15) is 0 Å². The number of benzene rings is 1. The van der Waals surface area contributed by atoms with E-state index in [0.29, 0.717) is 17.9 Å². The van der Waals surface area contributed by atoms with E-state index < -0.39 is 6.04 Å². The monoisotopic (exact) mass is 378 g/mol. The number of hydrogen-bond donors (Lipinski definition) is 1. The van der Waals surface area contributed by atoms with E-state index in [-0.39, 0.29) is 18.0 Å². The van der Waals surface area contributed by atoms with Gasteiger partial charge in [0.1, 0.15) is 0 Å². The Morgan fingerprint density at radius 1 is 1.43 bits per heavy atom. The lowest BCUT2D eigenvalue weighted by Crippen LogP contribution is -2.48. The molecule has 5 nitrogen and oxygen atoms in total. The molecule has 1 fully saturated rings. The van der Waals surface area contributed by atoms with E-state index in [9.17, 15) is 9.59 Å². The van der Waals surface area contributed by atoms with Crippen molar-refractivity contribution in [1.82, 2.24) is 10.2 Å². The predicted molar refractivity (Wildman–Crippen MR) is 89.6 cm³/mol. The average Bonchev–Trinajstić information content (AvgIpc) is 3.31. The van der Waals surface area contributed by atoms with Crippen LogP contribution in [0.15, 0.2) is 40.0 Å². The largest absolute Gasteiger partial charge is 0.463 e. The third kappa shape index (κ3) is 3.13. The Morgan fingerprint density at radius 2 is 2.17 bits per heavy atom. The fourth-order valence-corrected chi connectivity index (χ4v) is 3.36. The third-order valence-corrected chi connectivity index (χ3v) is 4.61. The summed E-state index contributed by atoms with van der Waals surface area (Å²) in [6.45, 7) is 3.91. The lowest BCUT2D eigenvalue weighted by atomic mass is 9.95. The summed E-state index contributed by atoms with van der Waals surface area (Å²) in [6.07, 6.45) is 1.95. The smallest absolute Gasteiger partial charge is 0.338 e. The van der Waals surface area contributed by atoms with Gasteiger partial charge in [-0.1, -0.05) is 28.1 Å². The first-order valence-electron chi connectivity index (χ1n) is 7.76. The predicted octanol–water partition coefficient (Wildman–Crippen LogP) is 3.51. The molecule has 3 rings (SSSR count). The van der Waals surface area contributed by atoms with Gasteiger partial charge in [-0.05, 0) is 44.4 Å². The summed E-state index contributed by atoms with van der Waals surface area (Å²) in [5.74, 6) is -0.374. The van der Waals surface area contributed by atoms with Gasteiger partial charge >= 0.3 is 12.0 Å². The minimum absolute atomic E-state index is 0.150. The number of carbonyl (C=O) groups excluding carboxylic acids is 2. The number of nitrogens with one attached hydrogen (secondary N) is 1. The molecule has 1 N–H and O–H groups in total. The molecule has 0 bridgehead atoms. The Balaban J connectivity index is 2.06. The molecule has 1 saturated carbocycles. The number of allylic oxidation sites excluding steroid dienone is 1. The number of halogens is 1. The maximum Gasteiger partial charge on any atom is 0.338 e. The highest BCUT2D eigenvalue weighted by Gasteiger charge is 2.42. The summed E-state index contributed by atoms with van der Waals surface area (Å²) in [4.78, 5) is 26.7. The zero-order valence-electron chi connectivity index (χ0n) is 13.1. The van der Waals surface area contributed by atoms with Gasteiger partial charge in [-0.25, -0.2) is 9.59 Å². The Kier molecular flexibility index (Phi) is 4.43. The maximum atomic E-state index is 12.5. The number of rotatable bonds is 4. The number of carbonyl (C=O) groups is 2. The molecule has 2 aliphatic rings. The van der Waals surface area contributed by atoms with Crippen molar-refractivity contribution in [3.05, 3.63) is 45.6 Å². The van der Waals surface area contributed by atoms with Crippen molar-refractivity contribution in [2.45, 2.75) is 38.8 Å². The van der Waals surface area contributed by atoms with Gasteiger partial charge in [0.05, 0.1) is 18.2 Å². The van der Waals surface area contributed by atoms with Crippen LogP contribution in [0, 0.1) is 0 Å². The second-order valence-corrected chi connectivity index (χ2v) is 6.67. The third-order valence-electron chi connectivity index (χ3n) is 4.12. The van der Waals surface area contributed by atoms with E-state index in [4.69, 9.17) is 4.74 Å². The topological polar surface area (TPSA) is 58.6 Å². The van der Waals surface area contributed by atoms with Gasteiger partial charge < -0.3 is 10.1 Å². The molecule has 1 heterocycles. The molecule has 122 valence electrons. The molecule has 1 aliphatic carbocycles. The molecule has 23 heavy (non-hydrogen) atoms. The van der Waals surface area contributed by atoms with Crippen LogP contribution in [-0.2, 0) is 9.53 Å². The lowest BCUT2D eigenvalue weighted by molar-refractivity contribution is -0.139. The average molecular weight is 379 g/mol. The van der Waals surface area contributed by atoms with Crippen molar-refractivity contribution in [1.29, 1.82) is 0 Å². The van der Waals surface area contributed by atoms with E-state index in [1.54, 1.807) is 11.8 Å². The highest BCUT2D eigenvalue weighted by molar-refractivity contribution is 9.10. The first-order valence-corrected chi connectivity index (χ1v) is 8.55. The lowest BCUT2D eigenvalue weighted by Gasteiger charge is -2.35. The van der Waals surface area contributed by atoms with E-state index >= 15 is 0 Å². The van der Waals surface area contributed by atoms with Crippen LogP contribution in [-0.4, -0.2) is 29.5 Å². The van der Waals surface area contributed by atoms with Gasteiger partial charge in [-0.3, -0.25) is 4.90 Å². The molecular formula is C17H19BrN2O3. The first kappa shape index (κ1) is 16.1. The Labute approximate surface area is 143 Å². The van der Waals surface area contributed by atoms with Crippen molar-refractivity contribution in [2.75, 3.05) is 6.61 Å². The molecule has 1 aromatic carbocycles. The highest BCUT2D eigenvalue weighted by atomic mass is 79.9. The SMILES string of the molecule is CCOC(=O)C1=C(C)N(C2CC2)C(=O)NC1c1cccc(Br)c1. The molecule has 0 saturated heterocycles. The van der Waals surface area contributed by atoms with Crippen LogP contribution in [0.25, 0.3) is 0 Å². The standard InChI is InChI=1S/C17H19BrN2O3/c1-3-23-16(21)14-10(2)20(13-7-8-13)17(22)19-15(14)11-5-4-6-12(18)9-11/h4-6,9,13,15H,3,7-8H2,1-2H3,(H,19,22). The van der Waals surface area contributed by atoms with Crippen molar-refractivity contribution >= 4 is 27.9 Å². The second kappa shape index (κ2) is 6.35. The van der Waals surface area contributed by atoms with Crippen LogP contribution < -0.4 is 5.32 Å². The minimum Gasteiger partial charge on any atom is -0.463 e. The van der Waals surface area contributed by atoms with Crippen LogP contribution in [0.3, 0.4) is 0 Å². The van der Waals surface area contributed by atoms with Crippen molar-refractivity contribution < 1.29 is 14.3 Å². The zero-order chi connectivity index (χ0) is 16.6. The van der Waals surface area contributed by atoms with Gasteiger partial charge in [-0.15, -0.1) is 0 Å². The number of ether oxygens (including phenoxy) is 1. The number of amides is 2. The van der Waals surface area contributed by atoms with Gasteiger partial charge in [0.2, 0.25) is 0 Å². The molecule has 0 aromatic heterocycles. The van der Waals surface area contributed by atoms with Crippen LogP contribution in [0.1, 0.15) is 38.3 Å². The van der Waals surface area contributed by atoms with Crippen molar-refractivity contribution in [3.8, 4) is 0 Å². The van der Waals surface area contributed by atoms with Crippen LogP contribution in [0.2, 0.25) is 0 Å². The summed E-state index contributed by atoms with van der Waals surface area (Å²) < 4.78 is 6.13. The van der Waals surface area contributed by atoms with Gasteiger partial charge in [0.15, 0.2) is 0 Å². The fraction of sp³-hybridized carbons (Fsp3) is 0.412. The maximum absolute atomic E-state index is 12.5. The molecular weight excluding hydrogens is 360 g/mol. The van der Waals surface area contributed by atoms with Gasteiger partial charge in [0.25, 0.3) is 0 Å². The number of hydrogen-bond acceptors (Lipinski definition) is 3. The van der Waals surface area contributed by atoms with Crippen LogP contribution in [0.4, 0.5) is 4.79 Å². The Morgan fingerprint density at radius 3 is 2.78 bits per heavy atom. The summed E-state index contributed by atoms with van der Waals surface area (Å²) in [7, 11) is 0. The fourth-order valence-electron chi connectivity index (χ4n) is 2.94.